The van der Waals surface area contributed by atoms with Crippen LogP contribution in [0.4, 0.5) is 0 Å². The summed E-state index contributed by atoms with van der Waals surface area (Å²) in [4.78, 5) is 0. The molecule has 0 atom stereocenters. The van der Waals surface area contributed by atoms with Crippen LogP contribution in [-0.4, -0.2) is 5.11 Å². The molecule has 0 aliphatic rings. The first-order valence-corrected chi connectivity index (χ1v) is 4.73. The summed E-state index contributed by atoms with van der Waals surface area (Å²) in [7, 11) is 0. The van der Waals surface area contributed by atoms with E-state index in [0.29, 0.717) is 16.6 Å². The Kier molecular flexibility index (Phi) is 6.44. The van der Waals surface area contributed by atoms with Crippen LogP contribution in [0.25, 0.3) is 0 Å². The lowest BCUT2D eigenvalue weighted by atomic mass is 10.2. The fourth-order valence-electron chi connectivity index (χ4n) is 0.839. The van der Waals surface area contributed by atoms with Crippen molar-refractivity contribution in [2.75, 3.05) is 0 Å². The highest BCUT2D eigenvalue weighted by Gasteiger charge is 1.98. The Bertz CT molecular complexity index is 333. The quantitative estimate of drug-likeness (QED) is 0.824. The number of thiocarbonyl (C=S) groups is 1. The third-order valence-corrected chi connectivity index (χ3v) is 2.33. The standard InChI is InChI=1S/C8H8Cl2N2S.BrH/c9-6-2-1-5(3-7(6)10)4-12-8(11)13;/h1-3H,4H2,(H3,11,12,13);1H. The van der Waals surface area contributed by atoms with Crippen molar-refractivity contribution in [3.63, 3.8) is 0 Å². The Balaban J connectivity index is 0.00000169. The third-order valence-electron chi connectivity index (χ3n) is 1.45. The summed E-state index contributed by atoms with van der Waals surface area (Å²) >= 11 is 16.2. The molecule has 0 amide bonds. The lowest BCUT2D eigenvalue weighted by Crippen LogP contribution is -2.28. The maximum Gasteiger partial charge on any atom is 0.163 e. The van der Waals surface area contributed by atoms with Crippen LogP contribution in [0, 0.1) is 0 Å². The van der Waals surface area contributed by atoms with Crippen LogP contribution in [0.15, 0.2) is 18.2 Å². The highest BCUT2D eigenvalue weighted by atomic mass is 79.9. The molecule has 0 saturated carbocycles. The van der Waals surface area contributed by atoms with Gasteiger partial charge in [0.05, 0.1) is 10.0 Å². The van der Waals surface area contributed by atoms with Crippen molar-refractivity contribution < 1.29 is 0 Å². The fraction of sp³-hybridized carbons (Fsp3) is 0.125. The summed E-state index contributed by atoms with van der Waals surface area (Å²) in [6, 6.07) is 5.37. The van der Waals surface area contributed by atoms with Crippen LogP contribution in [0.3, 0.4) is 0 Å². The second-order valence-corrected chi connectivity index (χ2v) is 3.72. The lowest BCUT2D eigenvalue weighted by Gasteiger charge is -2.04. The maximum atomic E-state index is 5.81. The molecule has 0 heterocycles. The predicted octanol–water partition coefficient (Wildman–Crippen LogP) is 2.90. The predicted molar refractivity (Wildman–Crippen MR) is 70.4 cm³/mol. The summed E-state index contributed by atoms with van der Waals surface area (Å²) in [5.41, 5.74) is 6.26. The minimum atomic E-state index is 0. The number of hydrogen-bond acceptors (Lipinski definition) is 1. The number of halogens is 3. The van der Waals surface area contributed by atoms with Crippen LogP contribution < -0.4 is 11.1 Å². The van der Waals surface area contributed by atoms with Crippen LogP contribution in [0.2, 0.25) is 10.0 Å². The molecule has 6 heteroatoms. The van der Waals surface area contributed by atoms with Crippen molar-refractivity contribution >= 4 is 57.5 Å². The molecule has 14 heavy (non-hydrogen) atoms. The van der Waals surface area contributed by atoms with E-state index in [1.165, 1.54) is 0 Å². The Labute approximate surface area is 109 Å². The van der Waals surface area contributed by atoms with Crippen LogP contribution in [0.1, 0.15) is 5.56 Å². The largest absolute Gasteiger partial charge is 0.376 e. The fourth-order valence-corrected chi connectivity index (χ4v) is 1.23. The van der Waals surface area contributed by atoms with Crippen LogP contribution in [-0.2, 0) is 6.54 Å². The molecule has 0 saturated heterocycles. The van der Waals surface area contributed by atoms with Gasteiger partial charge in [-0.05, 0) is 29.9 Å². The Morgan fingerprint density at radius 3 is 2.50 bits per heavy atom. The van der Waals surface area contributed by atoms with Gasteiger partial charge in [-0.3, -0.25) is 0 Å². The molecule has 0 bridgehead atoms. The molecule has 1 aromatic carbocycles. The first-order chi connectivity index (χ1) is 6.09. The third kappa shape index (κ3) is 4.46. The first-order valence-electron chi connectivity index (χ1n) is 3.57. The van der Waals surface area contributed by atoms with E-state index in [1.807, 2.05) is 6.07 Å². The molecule has 2 nitrogen and oxygen atoms in total. The zero-order valence-corrected chi connectivity index (χ0v) is 11.1. The van der Waals surface area contributed by atoms with Gasteiger partial charge in [0.15, 0.2) is 5.11 Å². The van der Waals surface area contributed by atoms with Gasteiger partial charge in [-0.2, -0.15) is 0 Å². The highest BCUT2D eigenvalue weighted by Crippen LogP contribution is 2.22. The zero-order valence-electron chi connectivity index (χ0n) is 7.09. The number of hydrogen-bond donors (Lipinski definition) is 2. The molecule has 78 valence electrons. The van der Waals surface area contributed by atoms with Gasteiger partial charge in [0.2, 0.25) is 0 Å². The average molecular weight is 316 g/mol. The minimum absolute atomic E-state index is 0. The number of nitrogens with two attached hydrogens (primary N) is 1. The summed E-state index contributed by atoms with van der Waals surface area (Å²) < 4.78 is 0. The topological polar surface area (TPSA) is 38.0 Å². The second-order valence-electron chi connectivity index (χ2n) is 2.47. The number of rotatable bonds is 2. The second kappa shape index (κ2) is 6.45. The van der Waals surface area contributed by atoms with Crippen molar-refractivity contribution in [1.82, 2.24) is 5.32 Å². The summed E-state index contributed by atoms with van der Waals surface area (Å²) in [5.74, 6) is 0. The zero-order chi connectivity index (χ0) is 9.84. The van der Waals surface area contributed by atoms with Crippen molar-refractivity contribution in [3.05, 3.63) is 33.8 Å². The molecule has 0 aliphatic carbocycles. The molecular formula is C8H9BrCl2N2S. The van der Waals surface area contributed by atoms with Gasteiger partial charge in [-0.1, -0.05) is 29.3 Å². The van der Waals surface area contributed by atoms with E-state index in [9.17, 15) is 0 Å². The number of benzene rings is 1. The van der Waals surface area contributed by atoms with E-state index in [1.54, 1.807) is 12.1 Å². The van der Waals surface area contributed by atoms with Gasteiger partial charge in [0, 0.05) is 6.54 Å². The molecule has 0 radical (unpaired) electrons. The smallest absolute Gasteiger partial charge is 0.163 e. The molecule has 0 fully saturated rings. The molecule has 1 aromatic rings. The normalized spacial score (nSPS) is 9.00. The van der Waals surface area contributed by atoms with Gasteiger partial charge >= 0.3 is 0 Å². The van der Waals surface area contributed by atoms with Gasteiger partial charge in [-0.25, -0.2) is 0 Å². The van der Waals surface area contributed by atoms with Crippen molar-refractivity contribution in [2.45, 2.75) is 6.54 Å². The molecule has 0 spiro atoms. The molecular weight excluding hydrogens is 307 g/mol. The molecule has 1 rings (SSSR count). The van der Waals surface area contributed by atoms with Gasteiger partial charge in [-0.15, -0.1) is 17.0 Å². The molecule has 0 aromatic heterocycles. The van der Waals surface area contributed by atoms with Crippen LogP contribution >= 0.6 is 52.4 Å². The van der Waals surface area contributed by atoms with Gasteiger partial charge in [0.1, 0.15) is 0 Å². The Hall–Kier alpha value is -0.0300. The summed E-state index contributed by atoms with van der Waals surface area (Å²) in [6.45, 7) is 0.562. The van der Waals surface area contributed by atoms with Crippen LogP contribution in [0.5, 0.6) is 0 Å². The molecule has 0 aliphatic heterocycles. The van der Waals surface area contributed by atoms with E-state index in [-0.39, 0.29) is 22.1 Å². The van der Waals surface area contributed by atoms with E-state index >= 15 is 0 Å². The lowest BCUT2D eigenvalue weighted by molar-refractivity contribution is 0.920. The van der Waals surface area contributed by atoms with Gasteiger partial charge in [0.25, 0.3) is 0 Å². The summed E-state index contributed by atoms with van der Waals surface area (Å²) in [5, 5.41) is 4.16. The van der Waals surface area contributed by atoms with Gasteiger partial charge < -0.3 is 11.1 Å². The van der Waals surface area contributed by atoms with E-state index in [2.05, 4.69) is 17.5 Å². The SMILES string of the molecule is Br.NC(=S)NCc1ccc(Cl)c(Cl)c1. The van der Waals surface area contributed by atoms with E-state index < -0.39 is 0 Å². The molecule has 0 unspecified atom stereocenters. The summed E-state index contributed by atoms with van der Waals surface area (Å²) in [6.07, 6.45) is 0. The maximum absolute atomic E-state index is 5.81. The van der Waals surface area contributed by atoms with Crippen molar-refractivity contribution in [1.29, 1.82) is 0 Å². The Morgan fingerprint density at radius 2 is 2.00 bits per heavy atom. The monoisotopic (exact) mass is 314 g/mol. The first kappa shape index (κ1) is 14.0. The highest BCUT2D eigenvalue weighted by molar-refractivity contribution is 8.93. The molecule has 3 N–H and O–H groups in total. The van der Waals surface area contributed by atoms with Crippen molar-refractivity contribution in [3.8, 4) is 0 Å². The van der Waals surface area contributed by atoms with Crippen molar-refractivity contribution in [2.24, 2.45) is 5.73 Å². The van der Waals surface area contributed by atoms with E-state index in [0.717, 1.165) is 5.56 Å². The minimum Gasteiger partial charge on any atom is -0.376 e. The number of nitrogens with one attached hydrogen (secondary N) is 1. The Morgan fingerprint density at radius 1 is 1.36 bits per heavy atom. The average Bonchev–Trinajstić information content (AvgIpc) is 2.07. The van der Waals surface area contributed by atoms with E-state index in [4.69, 9.17) is 28.9 Å².